The Kier molecular flexibility index (Phi) is 14.0. The molecule has 2 aromatic heterocycles. The number of hydrogen-bond acceptors (Lipinski definition) is 6. The summed E-state index contributed by atoms with van der Waals surface area (Å²) in [5, 5.41) is 15.1. The first-order valence-corrected chi connectivity index (χ1v) is 15.0. The van der Waals surface area contributed by atoms with Crippen LogP contribution in [0.2, 0.25) is 0 Å². The van der Waals surface area contributed by atoms with E-state index in [0.29, 0.717) is 12.1 Å². The van der Waals surface area contributed by atoms with Gasteiger partial charge in [-0.2, -0.15) is 10.2 Å². The fourth-order valence-corrected chi connectivity index (χ4v) is 5.19. The standard InChI is InChI=1S/C15H17N5.C12H24N2O2.C6H4F2/c1-11-14(12-9-17-19(3)10-12)18-20(15(11)16-2)13-7-5-4-6-8-13;1-3-4-6-14-9-11(13-10-15)8-12(14)5-7-16-2;7-5-3-1-2-4-6(5)8/h4-10,16H,1-3H3;10-12H,3-9H2,1-2H3,(H,13,15);1-4H. The molecule has 0 spiro atoms. The molecule has 0 saturated carbocycles. The van der Waals surface area contributed by atoms with Crippen LogP contribution in [0.15, 0.2) is 67.0 Å². The Morgan fingerprint density at radius 3 is 2.32 bits per heavy atom. The van der Waals surface area contributed by atoms with Crippen molar-refractivity contribution in [3.63, 3.8) is 0 Å². The van der Waals surface area contributed by atoms with Gasteiger partial charge in [-0.3, -0.25) is 14.4 Å². The van der Waals surface area contributed by atoms with Gasteiger partial charge in [0.15, 0.2) is 11.6 Å². The highest BCUT2D eigenvalue weighted by molar-refractivity contribution is 5.69. The van der Waals surface area contributed by atoms with E-state index >= 15 is 0 Å². The Morgan fingerprint density at radius 2 is 1.77 bits per heavy atom. The van der Waals surface area contributed by atoms with Crippen molar-refractivity contribution in [3.05, 3.63) is 84.2 Å². The number of nitrogens with zero attached hydrogens (tertiary/aromatic N) is 5. The van der Waals surface area contributed by atoms with Crippen LogP contribution in [0.5, 0.6) is 0 Å². The van der Waals surface area contributed by atoms with Crippen molar-refractivity contribution in [2.45, 2.75) is 51.6 Å². The van der Waals surface area contributed by atoms with E-state index in [2.05, 4.69) is 34.5 Å². The van der Waals surface area contributed by atoms with E-state index < -0.39 is 11.6 Å². The van der Waals surface area contributed by atoms with Crippen LogP contribution in [-0.4, -0.2) is 76.8 Å². The molecule has 44 heavy (non-hydrogen) atoms. The summed E-state index contributed by atoms with van der Waals surface area (Å²) in [5.41, 5.74) is 4.13. The normalized spacial score (nSPS) is 16.0. The lowest BCUT2D eigenvalue weighted by molar-refractivity contribution is -0.110. The topological polar surface area (TPSA) is 89.2 Å². The largest absolute Gasteiger partial charge is 0.385 e. The number of unbranched alkanes of at least 4 members (excludes halogenated alkanes) is 1. The Morgan fingerprint density at radius 1 is 1.09 bits per heavy atom. The number of amides is 1. The van der Waals surface area contributed by atoms with Crippen LogP contribution in [0.1, 0.15) is 38.2 Å². The highest BCUT2D eigenvalue weighted by Crippen LogP contribution is 2.29. The van der Waals surface area contributed by atoms with E-state index in [4.69, 9.17) is 9.84 Å². The molecule has 1 saturated heterocycles. The number of para-hydroxylation sites is 1. The second kappa shape index (κ2) is 17.9. The van der Waals surface area contributed by atoms with Gasteiger partial charge >= 0.3 is 0 Å². The molecule has 1 amide bonds. The van der Waals surface area contributed by atoms with E-state index in [1.54, 1.807) is 11.8 Å². The zero-order chi connectivity index (χ0) is 31.9. The van der Waals surface area contributed by atoms with Gasteiger partial charge in [-0.25, -0.2) is 13.5 Å². The molecule has 9 nitrogen and oxygen atoms in total. The minimum absolute atomic E-state index is 0.330. The number of rotatable bonds is 11. The fraction of sp³-hybridized carbons (Fsp3) is 0.424. The first-order chi connectivity index (χ1) is 21.3. The average molecular weight is 610 g/mol. The Bertz CT molecular complexity index is 1370. The zero-order valence-electron chi connectivity index (χ0n) is 26.3. The summed E-state index contributed by atoms with van der Waals surface area (Å²) in [6, 6.07) is 16.0. The molecule has 1 aliphatic heterocycles. The van der Waals surface area contributed by atoms with Crippen LogP contribution >= 0.6 is 0 Å². The molecule has 0 radical (unpaired) electrons. The SMILES string of the molecule is CCCCN1CC(NC=O)CC1CCOC.CNc1c(C)c(-c2cnn(C)c2)nn1-c1ccccc1.Fc1ccccc1F. The third-order valence-electron chi connectivity index (χ3n) is 7.45. The van der Waals surface area contributed by atoms with Crippen LogP contribution in [0, 0.1) is 18.6 Å². The second-order valence-electron chi connectivity index (χ2n) is 10.6. The number of halogens is 2. The van der Waals surface area contributed by atoms with Crippen LogP contribution in [0.3, 0.4) is 0 Å². The molecule has 4 aromatic rings. The van der Waals surface area contributed by atoms with Gasteiger partial charge in [-0.15, -0.1) is 0 Å². The molecule has 2 aromatic carbocycles. The van der Waals surface area contributed by atoms with Gasteiger partial charge in [0.25, 0.3) is 0 Å². The van der Waals surface area contributed by atoms with Gasteiger partial charge in [-0.05, 0) is 57.0 Å². The number of aryl methyl sites for hydroxylation is 1. The lowest BCUT2D eigenvalue weighted by Gasteiger charge is -2.23. The molecule has 1 aliphatic rings. The minimum Gasteiger partial charge on any atom is -0.385 e. The van der Waals surface area contributed by atoms with Crippen molar-refractivity contribution in [3.8, 4) is 16.9 Å². The van der Waals surface area contributed by atoms with Gasteiger partial charge in [0.05, 0.1) is 11.9 Å². The first kappa shape index (κ1) is 34.4. The number of nitrogens with one attached hydrogen (secondary N) is 2. The Hall–Kier alpha value is -4.09. The number of carbonyl (C=O) groups is 1. The van der Waals surface area contributed by atoms with Gasteiger partial charge < -0.3 is 15.4 Å². The number of hydrogen-bond donors (Lipinski definition) is 2. The minimum atomic E-state index is -0.799. The highest BCUT2D eigenvalue weighted by atomic mass is 19.2. The van der Waals surface area contributed by atoms with E-state index in [-0.39, 0.29) is 0 Å². The molecule has 5 rings (SSSR count). The van der Waals surface area contributed by atoms with Gasteiger partial charge in [0.1, 0.15) is 11.5 Å². The molecular weight excluding hydrogens is 564 g/mol. The monoisotopic (exact) mass is 609 g/mol. The number of ether oxygens (including phenoxy) is 1. The van der Waals surface area contributed by atoms with Crippen molar-refractivity contribution in [1.82, 2.24) is 29.8 Å². The number of likely N-dealkylation sites (tertiary alicyclic amines) is 1. The first-order valence-electron chi connectivity index (χ1n) is 15.0. The predicted octanol–water partition coefficient (Wildman–Crippen LogP) is 5.60. The van der Waals surface area contributed by atoms with Crippen molar-refractivity contribution in [2.24, 2.45) is 7.05 Å². The third kappa shape index (κ3) is 9.72. The van der Waals surface area contributed by atoms with E-state index in [1.165, 1.54) is 25.0 Å². The van der Waals surface area contributed by atoms with Gasteiger partial charge in [-0.1, -0.05) is 43.7 Å². The Labute approximate surface area is 259 Å². The summed E-state index contributed by atoms with van der Waals surface area (Å²) in [7, 11) is 5.56. The average Bonchev–Trinajstić information content (AvgIpc) is 3.73. The summed E-state index contributed by atoms with van der Waals surface area (Å²) in [6.45, 7) is 7.22. The molecule has 0 bridgehead atoms. The molecule has 1 fully saturated rings. The van der Waals surface area contributed by atoms with Crippen molar-refractivity contribution in [2.75, 3.05) is 39.2 Å². The lowest BCUT2D eigenvalue weighted by Crippen LogP contribution is -2.33. The van der Waals surface area contributed by atoms with Crippen LogP contribution in [0.4, 0.5) is 14.6 Å². The fourth-order valence-electron chi connectivity index (χ4n) is 5.19. The highest BCUT2D eigenvalue weighted by Gasteiger charge is 2.30. The maximum Gasteiger partial charge on any atom is 0.207 e. The molecule has 0 aliphatic carbocycles. The number of methoxy groups -OCH3 is 1. The zero-order valence-corrected chi connectivity index (χ0v) is 26.3. The summed E-state index contributed by atoms with van der Waals surface area (Å²) < 4.78 is 32.7. The molecule has 2 atom stereocenters. The number of aromatic nitrogens is 4. The molecule has 2 N–H and O–H groups in total. The molecular formula is C33H45F2N7O2. The second-order valence-corrected chi connectivity index (χ2v) is 10.6. The van der Waals surface area contributed by atoms with Crippen molar-refractivity contribution < 1.29 is 18.3 Å². The summed E-state index contributed by atoms with van der Waals surface area (Å²) in [5.74, 6) is -0.602. The lowest BCUT2D eigenvalue weighted by atomic mass is 10.1. The van der Waals surface area contributed by atoms with E-state index in [1.807, 2.05) is 61.5 Å². The third-order valence-corrected chi connectivity index (χ3v) is 7.45. The summed E-state index contributed by atoms with van der Waals surface area (Å²) >= 11 is 0. The smallest absolute Gasteiger partial charge is 0.207 e. The number of benzene rings is 2. The number of carbonyl (C=O) groups excluding carboxylic acids is 1. The molecule has 3 heterocycles. The van der Waals surface area contributed by atoms with Crippen LogP contribution in [0.25, 0.3) is 16.9 Å². The van der Waals surface area contributed by atoms with Gasteiger partial charge in [0, 0.05) is 63.8 Å². The predicted molar refractivity (Wildman–Crippen MR) is 171 cm³/mol. The molecule has 11 heteroatoms. The van der Waals surface area contributed by atoms with E-state index in [9.17, 15) is 13.6 Å². The molecule has 2 unspecified atom stereocenters. The Balaban J connectivity index is 0.000000197. The molecule has 238 valence electrons. The van der Waals surface area contributed by atoms with Crippen molar-refractivity contribution >= 4 is 12.2 Å². The van der Waals surface area contributed by atoms with Crippen molar-refractivity contribution in [1.29, 1.82) is 0 Å². The maximum atomic E-state index is 11.9. The summed E-state index contributed by atoms with van der Waals surface area (Å²) in [4.78, 5) is 12.9. The van der Waals surface area contributed by atoms with Gasteiger partial charge in [0.2, 0.25) is 6.41 Å². The van der Waals surface area contributed by atoms with E-state index in [0.717, 1.165) is 79.4 Å². The quantitative estimate of drug-likeness (QED) is 0.215. The van der Waals surface area contributed by atoms with Crippen LogP contribution in [-0.2, 0) is 16.6 Å². The summed E-state index contributed by atoms with van der Waals surface area (Å²) in [6.07, 6.45) is 9.22. The maximum absolute atomic E-state index is 11.9. The number of anilines is 1. The van der Waals surface area contributed by atoms with Crippen LogP contribution < -0.4 is 10.6 Å².